The van der Waals surface area contributed by atoms with Gasteiger partial charge in [-0.1, -0.05) is 6.58 Å². The Kier molecular flexibility index (Phi) is 6.07. The van der Waals surface area contributed by atoms with E-state index in [0.29, 0.717) is 43.1 Å². The van der Waals surface area contributed by atoms with E-state index in [4.69, 9.17) is 0 Å². The van der Waals surface area contributed by atoms with Gasteiger partial charge in [-0.2, -0.15) is 0 Å². The van der Waals surface area contributed by atoms with Crippen LogP contribution < -0.4 is 10.2 Å². The Morgan fingerprint density at radius 2 is 2.10 bits per heavy atom. The Balaban J connectivity index is 1.94. The molecule has 0 aliphatic carbocycles. The molecule has 1 saturated heterocycles. The summed E-state index contributed by atoms with van der Waals surface area (Å²) in [7, 11) is 0. The zero-order valence-corrected chi connectivity index (χ0v) is 17.0. The van der Waals surface area contributed by atoms with Gasteiger partial charge in [-0.25, -0.2) is 13.8 Å². The Morgan fingerprint density at radius 1 is 1.34 bits per heavy atom. The van der Waals surface area contributed by atoms with Crippen LogP contribution in [-0.2, 0) is 0 Å². The molecule has 5 nitrogen and oxygen atoms in total. The van der Waals surface area contributed by atoms with E-state index in [9.17, 15) is 13.6 Å². The van der Waals surface area contributed by atoms with Gasteiger partial charge in [0.2, 0.25) is 5.78 Å². The minimum absolute atomic E-state index is 0.00649. The van der Waals surface area contributed by atoms with Gasteiger partial charge < -0.3 is 10.2 Å². The van der Waals surface area contributed by atoms with Crippen molar-refractivity contribution in [2.45, 2.75) is 38.9 Å². The first-order chi connectivity index (χ1) is 13.7. The molecule has 0 saturated carbocycles. The number of nitrogens with one attached hydrogen (secondary N) is 1. The van der Waals surface area contributed by atoms with E-state index in [1.807, 2.05) is 4.90 Å². The van der Waals surface area contributed by atoms with E-state index < -0.39 is 17.3 Å². The van der Waals surface area contributed by atoms with Crippen molar-refractivity contribution < 1.29 is 13.6 Å². The Morgan fingerprint density at radius 3 is 2.76 bits per heavy atom. The third-order valence-electron chi connectivity index (χ3n) is 4.95. The summed E-state index contributed by atoms with van der Waals surface area (Å²) in [5, 5.41) is 3.32. The molecule has 1 N–H and O–H groups in total. The number of hydrogen-bond donors (Lipinski definition) is 1. The van der Waals surface area contributed by atoms with Crippen molar-refractivity contribution in [3.8, 4) is 0 Å². The average Bonchev–Trinajstić information content (AvgIpc) is 2.66. The van der Waals surface area contributed by atoms with Gasteiger partial charge >= 0.3 is 0 Å². The maximum absolute atomic E-state index is 14.1. The molecule has 29 heavy (non-hydrogen) atoms. The molecule has 0 aromatic carbocycles. The number of anilines is 1. The van der Waals surface area contributed by atoms with Gasteiger partial charge in [0.25, 0.3) is 0 Å². The molecule has 7 heteroatoms. The van der Waals surface area contributed by atoms with Crippen molar-refractivity contribution in [1.29, 1.82) is 0 Å². The van der Waals surface area contributed by atoms with Gasteiger partial charge in [-0.05, 0) is 51.5 Å². The number of aromatic nitrogens is 2. The standard InChI is InChI=1S/C22H26F2N4O/c1-14(23)17-7-8-19(28-11-10-26-16(13-28)12-22(3,4)24)27-20(17)21(29)18-6-5-9-25-15(18)2/h5-9,16,26H,1,10-13H2,2-4H3/t16-/m1/s1. The molecule has 2 aromatic rings. The van der Waals surface area contributed by atoms with Crippen LogP contribution in [0.2, 0.25) is 0 Å². The number of alkyl halides is 1. The highest BCUT2D eigenvalue weighted by Gasteiger charge is 2.28. The molecule has 0 amide bonds. The van der Waals surface area contributed by atoms with Crippen molar-refractivity contribution in [3.63, 3.8) is 0 Å². The topological polar surface area (TPSA) is 58.1 Å². The highest BCUT2D eigenvalue weighted by atomic mass is 19.1. The van der Waals surface area contributed by atoms with Crippen LogP contribution in [0.4, 0.5) is 14.6 Å². The SMILES string of the molecule is C=C(F)c1ccc(N2CCN[C@H](CC(C)(C)F)C2)nc1C(=O)c1cccnc1C. The van der Waals surface area contributed by atoms with Crippen molar-refractivity contribution in [2.24, 2.45) is 0 Å². The first-order valence-corrected chi connectivity index (χ1v) is 9.65. The molecule has 1 atom stereocenters. The number of halogens is 2. The van der Waals surface area contributed by atoms with Crippen LogP contribution in [-0.4, -0.2) is 47.1 Å². The number of pyridine rings is 2. The molecule has 154 valence electrons. The van der Waals surface area contributed by atoms with E-state index in [1.54, 1.807) is 45.2 Å². The largest absolute Gasteiger partial charge is 0.354 e. The van der Waals surface area contributed by atoms with Crippen molar-refractivity contribution in [2.75, 3.05) is 24.5 Å². The Hall–Kier alpha value is -2.67. The van der Waals surface area contributed by atoms with Gasteiger partial charge in [0.05, 0.1) is 0 Å². The first kappa shape index (κ1) is 21.0. The second-order valence-electron chi connectivity index (χ2n) is 7.96. The molecule has 0 spiro atoms. The number of piperazine rings is 1. The zero-order valence-electron chi connectivity index (χ0n) is 17.0. The van der Waals surface area contributed by atoms with Gasteiger partial charge in [0.1, 0.15) is 23.0 Å². The van der Waals surface area contributed by atoms with Crippen LogP contribution in [0.1, 0.15) is 47.6 Å². The number of nitrogens with zero attached hydrogens (tertiary/aromatic N) is 3. The van der Waals surface area contributed by atoms with Crippen LogP contribution in [0.3, 0.4) is 0 Å². The summed E-state index contributed by atoms with van der Waals surface area (Å²) in [5.41, 5.74) is -0.293. The van der Waals surface area contributed by atoms with Crippen molar-refractivity contribution in [1.82, 2.24) is 15.3 Å². The third-order valence-corrected chi connectivity index (χ3v) is 4.95. The summed E-state index contributed by atoms with van der Waals surface area (Å²) in [6.45, 7) is 10.1. The predicted octanol–water partition coefficient (Wildman–Crippen LogP) is 3.87. The molecular formula is C22H26F2N4O. The van der Waals surface area contributed by atoms with Crippen LogP contribution in [0.5, 0.6) is 0 Å². The summed E-state index contributed by atoms with van der Waals surface area (Å²) in [6.07, 6.45) is 1.96. The first-order valence-electron chi connectivity index (χ1n) is 9.65. The predicted molar refractivity (Wildman–Crippen MR) is 111 cm³/mol. The number of carbonyl (C=O) groups is 1. The number of carbonyl (C=O) groups excluding carboxylic acids is 1. The molecule has 0 bridgehead atoms. The second kappa shape index (κ2) is 8.37. The molecule has 1 aliphatic rings. The second-order valence-corrected chi connectivity index (χ2v) is 7.96. The normalized spacial score (nSPS) is 17.3. The highest BCUT2D eigenvalue weighted by molar-refractivity contribution is 6.10. The van der Waals surface area contributed by atoms with Gasteiger partial charge in [-0.3, -0.25) is 9.78 Å². The van der Waals surface area contributed by atoms with Crippen LogP contribution in [0, 0.1) is 6.92 Å². The van der Waals surface area contributed by atoms with Crippen LogP contribution >= 0.6 is 0 Å². The third kappa shape index (κ3) is 5.03. The van der Waals surface area contributed by atoms with Gasteiger partial charge in [-0.15, -0.1) is 0 Å². The number of ketones is 1. The molecule has 3 heterocycles. The van der Waals surface area contributed by atoms with Crippen molar-refractivity contribution >= 4 is 17.4 Å². The fraction of sp³-hybridized carbons (Fsp3) is 0.409. The summed E-state index contributed by atoms with van der Waals surface area (Å²) in [4.78, 5) is 23.7. The maximum atomic E-state index is 14.1. The Bertz CT molecular complexity index is 923. The van der Waals surface area contributed by atoms with Gasteiger partial charge in [0, 0.05) is 48.7 Å². The lowest BCUT2D eigenvalue weighted by Crippen LogP contribution is -2.52. The molecule has 2 aromatic heterocycles. The summed E-state index contributed by atoms with van der Waals surface area (Å²) >= 11 is 0. The number of rotatable bonds is 6. The van der Waals surface area contributed by atoms with E-state index >= 15 is 0 Å². The van der Waals surface area contributed by atoms with Crippen LogP contribution in [0.15, 0.2) is 37.0 Å². The molecule has 0 unspecified atom stereocenters. The Labute approximate surface area is 169 Å². The van der Waals surface area contributed by atoms with Crippen LogP contribution in [0.25, 0.3) is 5.83 Å². The summed E-state index contributed by atoms with van der Waals surface area (Å²) in [6, 6.07) is 6.47. The molecule has 3 rings (SSSR count). The molecular weight excluding hydrogens is 374 g/mol. The van der Waals surface area contributed by atoms with E-state index in [1.165, 1.54) is 6.07 Å². The smallest absolute Gasteiger partial charge is 0.213 e. The summed E-state index contributed by atoms with van der Waals surface area (Å²) < 4.78 is 28.1. The molecule has 1 fully saturated rings. The zero-order chi connectivity index (χ0) is 21.2. The van der Waals surface area contributed by atoms with E-state index in [2.05, 4.69) is 21.9 Å². The maximum Gasteiger partial charge on any atom is 0.213 e. The fourth-order valence-corrected chi connectivity index (χ4v) is 3.62. The fourth-order valence-electron chi connectivity index (χ4n) is 3.62. The summed E-state index contributed by atoms with van der Waals surface area (Å²) in [5.74, 6) is -0.558. The lowest BCUT2D eigenvalue weighted by Gasteiger charge is -2.36. The minimum atomic E-state index is -1.29. The van der Waals surface area contributed by atoms with E-state index in [-0.39, 0.29) is 17.3 Å². The quantitative estimate of drug-likeness (QED) is 0.746. The van der Waals surface area contributed by atoms with Crippen molar-refractivity contribution in [3.05, 3.63) is 59.6 Å². The lowest BCUT2D eigenvalue weighted by atomic mass is 9.99. The lowest BCUT2D eigenvalue weighted by molar-refractivity contribution is 0.103. The highest BCUT2D eigenvalue weighted by Crippen LogP contribution is 2.26. The number of hydrogen-bond acceptors (Lipinski definition) is 5. The molecule has 0 radical (unpaired) electrons. The molecule has 1 aliphatic heterocycles. The van der Waals surface area contributed by atoms with Gasteiger partial charge in [0.15, 0.2) is 0 Å². The van der Waals surface area contributed by atoms with E-state index in [0.717, 1.165) is 0 Å². The monoisotopic (exact) mass is 400 g/mol. The average molecular weight is 400 g/mol. The minimum Gasteiger partial charge on any atom is -0.354 e. The number of aryl methyl sites for hydroxylation is 1.